The summed E-state index contributed by atoms with van der Waals surface area (Å²) in [6, 6.07) is 8.36. The molecule has 0 radical (unpaired) electrons. The van der Waals surface area contributed by atoms with Crippen molar-refractivity contribution in [3.05, 3.63) is 47.8 Å². The number of benzene rings is 1. The number of aryl methyl sites for hydroxylation is 1. The molecule has 19 heavy (non-hydrogen) atoms. The molecule has 0 saturated carbocycles. The Kier molecular flexibility index (Phi) is 3.27. The van der Waals surface area contributed by atoms with Crippen LogP contribution in [0.3, 0.4) is 0 Å². The molecule has 0 bridgehead atoms. The molecule has 0 unspecified atom stereocenters. The molecule has 1 aromatic heterocycles. The predicted molar refractivity (Wildman–Crippen MR) is 73.7 cm³/mol. The number of hydrogen-bond acceptors (Lipinski definition) is 4. The number of fused-ring (bicyclic) bond motifs is 1. The zero-order valence-corrected chi connectivity index (χ0v) is 11.0. The van der Waals surface area contributed by atoms with Gasteiger partial charge in [0, 0.05) is 5.56 Å². The van der Waals surface area contributed by atoms with E-state index in [1.807, 2.05) is 12.3 Å². The van der Waals surface area contributed by atoms with Gasteiger partial charge in [-0.1, -0.05) is 25.5 Å². The molecule has 98 valence electrons. The Balaban J connectivity index is 1.80. The van der Waals surface area contributed by atoms with Crippen molar-refractivity contribution in [2.75, 3.05) is 5.12 Å². The van der Waals surface area contributed by atoms with Crippen molar-refractivity contribution < 1.29 is 0 Å². The Morgan fingerprint density at radius 2 is 2.26 bits per heavy atom. The molecular weight excluding hydrogens is 238 g/mol. The Hall–Kier alpha value is -2.17. The van der Waals surface area contributed by atoms with E-state index in [1.165, 1.54) is 24.0 Å². The van der Waals surface area contributed by atoms with Gasteiger partial charge in [0.1, 0.15) is 0 Å². The third kappa shape index (κ3) is 2.50. The molecule has 5 nitrogen and oxygen atoms in total. The molecule has 0 saturated heterocycles. The summed E-state index contributed by atoms with van der Waals surface area (Å²) in [7, 11) is 0. The Bertz CT molecular complexity index is 574. The standard InChI is InChI=1S/C14H17N5/c1-2-3-5-12-6-7-13-11-19(17-16-14(13)10-12)18-9-4-8-15-18/h4,6-10H,2-3,5,11H2,1H3. The fourth-order valence-electron chi connectivity index (χ4n) is 2.17. The van der Waals surface area contributed by atoms with Crippen molar-refractivity contribution in [3.63, 3.8) is 0 Å². The largest absolute Gasteiger partial charge is 0.162 e. The van der Waals surface area contributed by atoms with Crippen LogP contribution in [0.1, 0.15) is 30.9 Å². The van der Waals surface area contributed by atoms with Gasteiger partial charge < -0.3 is 0 Å². The van der Waals surface area contributed by atoms with Gasteiger partial charge in [-0.15, -0.1) is 5.11 Å². The van der Waals surface area contributed by atoms with Crippen molar-refractivity contribution >= 4 is 5.69 Å². The molecule has 0 amide bonds. The number of unbranched alkanes of at least 4 members (excludes halogenated alkanes) is 1. The molecule has 5 heteroatoms. The summed E-state index contributed by atoms with van der Waals surface area (Å²) in [5.41, 5.74) is 3.51. The van der Waals surface area contributed by atoms with Gasteiger partial charge in [0.25, 0.3) is 0 Å². The molecule has 1 aliphatic heterocycles. The lowest BCUT2D eigenvalue weighted by atomic mass is 10.0. The maximum atomic E-state index is 4.29. The highest BCUT2D eigenvalue weighted by molar-refractivity contribution is 5.49. The summed E-state index contributed by atoms with van der Waals surface area (Å²) >= 11 is 0. The second kappa shape index (κ2) is 5.22. The minimum Gasteiger partial charge on any atom is -0.162 e. The second-order valence-electron chi connectivity index (χ2n) is 4.71. The average molecular weight is 255 g/mol. The number of hydrogen-bond donors (Lipinski definition) is 0. The zero-order chi connectivity index (χ0) is 13.1. The van der Waals surface area contributed by atoms with E-state index < -0.39 is 0 Å². The third-order valence-electron chi connectivity index (χ3n) is 3.26. The van der Waals surface area contributed by atoms with Crippen LogP contribution >= 0.6 is 0 Å². The van der Waals surface area contributed by atoms with Crippen molar-refractivity contribution in [2.24, 2.45) is 10.3 Å². The van der Waals surface area contributed by atoms with Crippen LogP contribution in [0.2, 0.25) is 0 Å². The van der Waals surface area contributed by atoms with E-state index in [9.17, 15) is 0 Å². The quantitative estimate of drug-likeness (QED) is 0.840. The fourth-order valence-corrected chi connectivity index (χ4v) is 2.17. The van der Waals surface area contributed by atoms with E-state index >= 15 is 0 Å². The van der Waals surface area contributed by atoms with Crippen LogP contribution in [-0.4, -0.2) is 9.89 Å². The molecule has 2 heterocycles. The van der Waals surface area contributed by atoms with Crippen LogP contribution in [0.25, 0.3) is 0 Å². The molecular formula is C14H17N5. The van der Waals surface area contributed by atoms with Gasteiger partial charge in [0.05, 0.1) is 24.6 Å². The molecule has 3 rings (SSSR count). The SMILES string of the molecule is CCCCc1ccc2c(c1)N=NN(n1cccn1)C2. The van der Waals surface area contributed by atoms with E-state index in [0.717, 1.165) is 12.1 Å². The minimum absolute atomic E-state index is 0.703. The summed E-state index contributed by atoms with van der Waals surface area (Å²) in [6.45, 7) is 2.91. The molecule has 0 fully saturated rings. The first kappa shape index (κ1) is 11.9. The van der Waals surface area contributed by atoms with Gasteiger partial charge in [0.2, 0.25) is 0 Å². The fraction of sp³-hybridized carbons (Fsp3) is 0.357. The van der Waals surface area contributed by atoms with Gasteiger partial charge >= 0.3 is 0 Å². The van der Waals surface area contributed by atoms with Crippen molar-refractivity contribution in [1.29, 1.82) is 0 Å². The van der Waals surface area contributed by atoms with Crippen LogP contribution in [0.4, 0.5) is 5.69 Å². The Labute approximate surface area is 112 Å². The summed E-state index contributed by atoms with van der Waals surface area (Å²) in [4.78, 5) is 1.69. The topological polar surface area (TPSA) is 45.8 Å². The molecule has 2 aromatic rings. The highest BCUT2D eigenvalue weighted by atomic mass is 15.8. The smallest absolute Gasteiger partial charge is 0.0929 e. The zero-order valence-electron chi connectivity index (χ0n) is 11.0. The molecule has 0 N–H and O–H groups in total. The summed E-state index contributed by atoms with van der Waals surface area (Å²) in [5, 5.41) is 14.4. The number of rotatable bonds is 4. The third-order valence-corrected chi connectivity index (χ3v) is 3.26. The Morgan fingerprint density at radius 1 is 1.32 bits per heavy atom. The van der Waals surface area contributed by atoms with E-state index in [1.54, 1.807) is 16.1 Å². The molecule has 0 atom stereocenters. The number of nitrogens with zero attached hydrogens (tertiary/aromatic N) is 5. The second-order valence-corrected chi connectivity index (χ2v) is 4.71. The predicted octanol–water partition coefficient (Wildman–Crippen LogP) is 3.38. The van der Waals surface area contributed by atoms with Crippen molar-refractivity contribution in [2.45, 2.75) is 32.7 Å². The lowest BCUT2D eigenvalue weighted by Gasteiger charge is -2.22. The normalized spacial score (nSPS) is 13.6. The first-order chi connectivity index (χ1) is 9.36. The molecule has 1 aliphatic rings. The molecule has 0 spiro atoms. The van der Waals surface area contributed by atoms with E-state index in [2.05, 4.69) is 40.6 Å². The van der Waals surface area contributed by atoms with E-state index in [4.69, 9.17) is 0 Å². The van der Waals surface area contributed by atoms with Gasteiger partial charge in [-0.3, -0.25) is 0 Å². The first-order valence-corrected chi connectivity index (χ1v) is 6.68. The highest BCUT2D eigenvalue weighted by Gasteiger charge is 2.15. The monoisotopic (exact) mass is 255 g/mol. The lowest BCUT2D eigenvalue weighted by Crippen LogP contribution is -2.30. The van der Waals surface area contributed by atoms with E-state index in [0.29, 0.717) is 6.54 Å². The van der Waals surface area contributed by atoms with Gasteiger partial charge in [-0.2, -0.15) is 15.0 Å². The van der Waals surface area contributed by atoms with Gasteiger partial charge in [-0.05, 0) is 35.8 Å². The van der Waals surface area contributed by atoms with Crippen LogP contribution < -0.4 is 5.12 Å². The van der Waals surface area contributed by atoms with Crippen LogP contribution in [0, 0.1) is 0 Å². The van der Waals surface area contributed by atoms with Crippen LogP contribution in [-0.2, 0) is 13.0 Å². The maximum Gasteiger partial charge on any atom is 0.0929 e. The van der Waals surface area contributed by atoms with Crippen molar-refractivity contribution in [3.8, 4) is 0 Å². The van der Waals surface area contributed by atoms with Gasteiger partial charge in [-0.25, -0.2) is 0 Å². The minimum atomic E-state index is 0.703. The highest BCUT2D eigenvalue weighted by Crippen LogP contribution is 2.27. The maximum absolute atomic E-state index is 4.29. The summed E-state index contributed by atoms with van der Waals surface area (Å²) < 4.78 is 0. The molecule has 0 aliphatic carbocycles. The van der Waals surface area contributed by atoms with E-state index in [-0.39, 0.29) is 0 Å². The Morgan fingerprint density at radius 3 is 3.05 bits per heavy atom. The number of aromatic nitrogens is 2. The van der Waals surface area contributed by atoms with Crippen LogP contribution in [0.15, 0.2) is 47.0 Å². The summed E-state index contributed by atoms with van der Waals surface area (Å²) in [5.74, 6) is 0. The van der Waals surface area contributed by atoms with Crippen molar-refractivity contribution in [1.82, 2.24) is 9.89 Å². The lowest BCUT2D eigenvalue weighted by molar-refractivity contribution is 0.514. The molecule has 1 aromatic carbocycles. The van der Waals surface area contributed by atoms with Gasteiger partial charge in [0.15, 0.2) is 0 Å². The first-order valence-electron chi connectivity index (χ1n) is 6.68. The average Bonchev–Trinajstić information content (AvgIpc) is 2.98. The van der Waals surface area contributed by atoms with Crippen LogP contribution in [0.5, 0.6) is 0 Å². The summed E-state index contributed by atoms with van der Waals surface area (Å²) in [6.07, 6.45) is 7.14.